The molecule has 4 aromatic rings. The Kier molecular flexibility index (Phi) is 11.3. The van der Waals surface area contributed by atoms with Crippen molar-refractivity contribution < 1.29 is 18.0 Å². The van der Waals surface area contributed by atoms with Crippen molar-refractivity contribution in [2.45, 2.75) is 37.8 Å². The van der Waals surface area contributed by atoms with Crippen molar-refractivity contribution in [3.8, 4) is 0 Å². The third-order valence-corrected chi connectivity index (χ3v) is 9.73. The molecule has 0 saturated carbocycles. The molecule has 7 nitrogen and oxygen atoms in total. The summed E-state index contributed by atoms with van der Waals surface area (Å²) < 4.78 is 29.2. The molecule has 230 valence electrons. The fraction of sp³-hybridized carbons (Fsp3) is 0.212. The number of nitrogens with zero attached hydrogens (tertiary/aromatic N) is 2. The van der Waals surface area contributed by atoms with Crippen molar-refractivity contribution in [3.63, 3.8) is 0 Å². The van der Waals surface area contributed by atoms with Gasteiger partial charge in [-0.3, -0.25) is 13.9 Å². The van der Waals surface area contributed by atoms with E-state index in [0.717, 1.165) is 15.4 Å². The van der Waals surface area contributed by atoms with E-state index >= 15 is 0 Å². The van der Waals surface area contributed by atoms with Crippen molar-refractivity contribution in [1.29, 1.82) is 0 Å². The highest BCUT2D eigenvalue weighted by Gasteiger charge is 2.35. The van der Waals surface area contributed by atoms with Crippen LogP contribution in [0.2, 0.25) is 15.1 Å². The molecule has 0 aliphatic rings. The van der Waals surface area contributed by atoms with Gasteiger partial charge in [0.05, 0.1) is 10.6 Å². The van der Waals surface area contributed by atoms with Gasteiger partial charge in [-0.05, 0) is 73.5 Å². The van der Waals surface area contributed by atoms with Crippen molar-refractivity contribution in [2.75, 3.05) is 17.4 Å². The van der Waals surface area contributed by atoms with Crippen molar-refractivity contribution in [2.24, 2.45) is 0 Å². The average molecular weight is 673 g/mol. The molecule has 0 aliphatic carbocycles. The molecular weight excluding hydrogens is 641 g/mol. The molecule has 1 N–H and O–H groups in total. The minimum atomic E-state index is -4.25. The van der Waals surface area contributed by atoms with Crippen LogP contribution in [0.5, 0.6) is 0 Å². The average Bonchev–Trinajstić information content (AvgIpc) is 2.99. The fourth-order valence-corrected chi connectivity index (χ4v) is 6.79. The van der Waals surface area contributed by atoms with Gasteiger partial charge in [0.25, 0.3) is 10.0 Å². The third-order valence-electron chi connectivity index (χ3n) is 6.98. The Morgan fingerprint density at radius 1 is 0.841 bits per heavy atom. The number of benzene rings is 4. The number of anilines is 1. The number of hydrogen-bond donors (Lipinski definition) is 1. The van der Waals surface area contributed by atoms with Crippen LogP contribution in [-0.4, -0.2) is 44.3 Å². The normalized spacial score (nSPS) is 11.9. The molecule has 4 rings (SSSR count). The summed E-state index contributed by atoms with van der Waals surface area (Å²) in [7, 11) is -4.25. The molecule has 0 fully saturated rings. The molecule has 2 amide bonds. The van der Waals surface area contributed by atoms with Gasteiger partial charge in [0.2, 0.25) is 11.8 Å². The standard InChI is InChI=1S/C33H32Cl3N3O4S/c1-3-37-33(41)31(20-24-10-5-4-6-11-24)38(21-28-29(35)13-8-14-30(28)36)32(40)22-39(26-12-7-9-23(2)19-26)44(42,43)27-17-15-25(34)16-18-27/h4-19,31H,3,20-22H2,1-2H3,(H,37,41)/t31-/m1/s1. The monoisotopic (exact) mass is 671 g/mol. The summed E-state index contributed by atoms with van der Waals surface area (Å²) in [6.07, 6.45) is 0.175. The van der Waals surface area contributed by atoms with E-state index in [4.69, 9.17) is 34.8 Å². The molecule has 0 heterocycles. The van der Waals surface area contributed by atoms with Crippen molar-refractivity contribution in [3.05, 3.63) is 129 Å². The lowest BCUT2D eigenvalue weighted by molar-refractivity contribution is -0.140. The van der Waals surface area contributed by atoms with Gasteiger partial charge in [-0.15, -0.1) is 0 Å². The molecule has 0 unspecified atom stereocenters. The minimum absolute atomic E-state index is 0.0403. The van der Waals surface area contributed by atoms with Gasteiger partial charge in [-0.1, -0.05) is 83.3 Å². The first-order chi connectivity index (χ1) is 21.0. The second-order valence-corrected chi connectivity index (χ2v) is 13.2. The zero-order valence-corrected chi connectivity index (χ0v) is 27.3. The highest BCUT2D eigenvalue weighted by Crippen LogP contribution is 2.29. The van der Waals surface area contributed by atoms with Crippen LogP contribution in [0.25, 0.3) is 0 Å². The SMILES string of the molecule is CCNC(=O)[C@@H](Cc1ccccc1)N(Cc1c(Cl)cccc1Cl)C(=O)CN(c1cccc(C)c1)S(=O)(=O)c1ccc(Cl)cc1. The molecule has 44 heavy (non-hydrogen) atoms. The van der Waals surface area contributed by atoms with E-state index < -0.39 is 34.4 Å². The van der Waals surface area contributed by atoms with E-state index in [9.17, 15) is 18.0 Å². The van der Waals surface area contributed by atoms with E-state index in [0.29, 0.717) is 32.9 Å². The maximum atomic E-state index is 14.4. The summed E-state index contributed by atoms with van der Waals surface area (Å²) in [6, 6.07) is 25.8. The van der Waals surface area contributed by atoms with Crippen LogP contribution in [0, 0.1) is 6.92 Å². The van der Waals surface area contributed by atoms with E-state index in [1.165, 1.54) is 29.2 Å². The summed E-state index contributed by atoms with van der Waals surface area (Å²) in [4.78, 5) is 29.3. The van der Waals surface area contributed by atoms with Crippen molar-refractivity contribution in [1.82, 2.24) is 10.2 Å². The lowest BCUT2D eigenvalue weighted by Gasteiger charge is -2.34. The van der Waals surface area contributed by atoms with Crippen LogP contribution in [0.4, 0.5) is 5.69 Å². The fourth-order valence-electron chi connectivity index (χ4n) is 4.75. The molecule has 11 heteroatoms. The summed E-state index contributed by atoms with van der Waals surface area (Å²) >= 11 is 19.1. The number of amides is 2. The topological polar surface area (TPSA) is 86.8 Å². The molecular formula is C33H32Cl3N3O4S. The zero-order valence-electron chi connectivity index (χ0n) is 24.2. The first kappa shape index (κ1) is 33.3. The molecule has 0 saturated heterocycles. The van der Waals surface area contributed by atoms with Gasteiger partial charge in [0.15, 0.2) is 0 Å². The Bertz CT molecular complexity index is 1700. The molecule has 0 spiro atoms. The van der Waals surface area contributed by atoms with Crippen LogP contribution in [0.1, 0.15) is 23.6 Å². The number of sulfonamides is 1. The number of nitrogens with one attached hydrogen (secondary N) is 1. The number of hydrogen-bond acceptors (Lipinski definition) is 4. The summed E-state index contributed by atoms with van der Waals surface area (Å²) in [5.74, 6) is -1.01. The van der Waals surface area contributed by atoms with E-state index in [-0.39, 0.29) is 17.9 Å². The van der Waals surface area contributed by atoms with Crippen LogP contribution in [-0.2, 0) is 32.6 Å². The highest BCUT2D eigenvalue weighted by atomic mass is 35.5. The molecule has 0 aromatic heterocycles. The van der Waals surface area contributed by atoms with E-state index in [1.807, 2.05) is 43.3 Å². The van der Waals surface area contributed by atoms with E-state index in [2.05, 4.69) is 5.32 Å². The van der Waals surface area contributed by atoms with Crippen LogP contribution in [0.3, 0.4) is 0 Å². The third kappa shape index (κ3) is 8.12. The Morgan fingerprint density at radius 3 is 2.09 bits per heavy atom. The summed E-state index contributed by atoms with van der Waals surface area (Å²) in [5.41, 5.74) is 2.35. The second-order valence-electron chi connectivity index (χ2n) is 10.1. The number of halogens is 3. The maximum Gasteiger partial charge on any atom is 0.264 e. The lowest BCUT2D eigenvalue weighted by atomic mass is 10.0. The van der Waals surface area contributed by atoms with Crippen LogP contribution in [0.15, 0.2) is 102 Å². The van der Waals surface area contributed by atoms with Gasteiger partial charge in [-0.25, -0.2) is 8.42 Å². The Hall–Kier alpha value is -3.56. The predicted octanol–water partition coefficient (Wildman–Crippen LogP) is 6.93. The smallest absolute Gasteiger partial charge is 0.264 e. The predicted molar refractivity (Wildman–Crippen MR) is 177 cm³/mol. The number of carbonyl (C=O) groups is 2. The number of rotatable bonds is 12. The van der Waals surface area contributed by atoms with Gasteiger partial charge in [-0.2, -0.15) is 0 Å². The molecule has 0 radical (unpaired) electrons. The van der Waals surface area contributed by atoms with Gasteiger partial charge >= 0.3 is 0 Å². The van der Waals surface area contributed by atoms with Crippen molar-refractivity contribution >= 4 is 62.3 Å². The zero-order chi connectivity index (χ0) is 31.9. The van der Waals surface area contributed by atoms with E-state index in [1.54, 1.807) is 43.3 Å². The highest BCUT2D eigenvalue weighted by molar-refractivity contribution is 7.92. The molecule has 1 atom stereocenters. The lowest BCUT2D eigenvalue weighted by Crippen LogP contribution is -2.53. The van der Waals surface area contributed by atoms with Crippen LogP contribution < -0.4 is 9.62 Å². The summed E-state index contributed by atoms with van der Waals surface area (Å²) in [6.45, 7) is 3.22. The largest absolute Gasteiger partial charge is 0.355 e. The quantitative estimate of drug-likeness (QED) is 0.177. The Balaban J connectivity index is 1.83. The van der Waals surface area contributed by atoms with Gasteiger partial charge < -0.3 is 10.2 Å². The number of aryl methyl sites for hydroxylation is 1. The molecule has 4 aromatic carbocycles. The second kappa shape index (κ2) is 14.9. The first-order valence-corrected chi connectivity index (χ1v) is 16.5. The van der Waals surface area contributed by atoms with Crippen LogP contribution >= 0.6 is 34.8 Å². The minimum Gasteiger partial charge on any atom is -0.355 e. The van der Waals surface area contributed by atoms with Gasteiger partial charge in [0.1, 0.15) is 12.6 Å². The first-order valence-electron chi connectivity index (χ1n) is 13.9. The number of likely N-dealkylation sites (N-methyl/N-ethyl adjacent to an activating group) is 1. The Labute approximate surface area is 273 Å². The molecule has 0 aliphatic heterocycles. The Morgan fingerprint density at radius 2 is 1.48 bits per heavy atom. The maximum absolute atomic E-state index is 14.4. The number of carbonyl (C=O) groups excluding carboxylic acids is 2. The molecule has 0 bridgehead atoms. The summed E-state index contributed by atoms with van der Waals surface area (Å²) in [5, 5.41) is 3.83. The van der Waals surface area contributed by atoms with Gasteiger partial charge in [0, 0.05) is 40.1 Å².